The number of aliphatic hydroxyl groups is 1. The maximum atomic E-state index is 13.7. The number of esters is 1. The molecule has 2 saturated heterocycles. The first kappa shape index (κ1) is 38.3. The van der Waals surface area contributed by atoms with Gasteiger partial charge < -0.3 is 30.9 Å². The fourth-order valence-corrected chi connectivity index (χ4v) is 5.78. The molecule has 3 heterocycles. The summed E-state index contributed by atoms with van der Waals surface area (Å²) in [5.74, 6) is -6.76. The quantitative estimate of drug-likeness (QED) is 0.117. The highest BCUT2D eigenvalue weighted by molar-refractivity contribution is 5.97. The van der Waals surface area contributed by atoms with Crippen LogP contribution in [0, 0.1) is 11.8 Å². The number of rotatable bonds is 11. The highest BCUT2D eigenvalue weighted by Crippen LogP contribution is 2.21. The number of hydrogen-bond acceptors (Lipinski definition) is 11. The largest absolute Gasteiger partial charge is 0.481 e. The van der Waals surface area contributed by atoms with Crippen LogP contribution < -0.4 is 21.4 Å². The van der Waals surface area contributed by atoms with Gasteiger partial charge in [0.15, 0.2) is 0 Å². The van der Waals surface area contributed by atoms with Crippen LogP contribution in [-0.2, 0) is 38.3 Å². The van der Waals surface area contributed by atoms with Crippen molar-refractivity contribution in [2.75, 3.05) is 13.2 Å². The number of nitrogens with zero attached hydrogens (tertiary/aromatic N) is 3. The smallest absolute Gasteiger partial charge is 0.330 e. The Labute approximate surface area is 279 Å². The molecule has 3 aliphatic rings. The van der Waals surface area contributed by atoms with Crippen LogP contribution in [0.1, 0.15) is 85.5 Å². The predicted octanol–water partition coefficient (Wildman–Crippen LogP) is -0.822. The van der Waals surface area contributed by atoms with E-state index in [2.05, 4.69) is 26.5 Å². The number of unbranched alkanes of at least 4 members (excludes halogenated alkanes) is 2. The number of fused-ring (bicyclic) bond motifs is 1. The van der Waals surface area contributed by atoms with Gasteiger partial charge in [0.05, 0.1) is 12.0 Å². The Morgan fingerprint density at radius 3 is 2.52 bits per heavy atom. The molecule has 17 nitrogen and oxygen atoms in total. The van der Waals surface area contributed by atoms with Crippen molar-refractivity contribution in [3.63, 3.8) is 0 Å². The van der Waals surface area contributed by atoms with E-state index in [1.54, 1.807) is 0 Å². The first-order valence-electron chi connectivity index (χ1n) is 16.6. The second kappa shape index (κ2) is 17.9. The number of aliphatic hydroxyl groups excluding tert-OH is 1. The summed E-state index contributed by atoms with van der Waals surface area (Å²) in [4.78, 5) is 92.2. The summed E-state index contributed by atoms with van der Waals surface area (Å²) in [5, 5.41) is 33.6. The zero-order chi connectivity index (χ0) is 35.5. The predicted molar refractivity (Wildman–Crippen MR) is 169 cm³/mol. The molecule has 2 fully saturated rings. The van der Waals surface area contributed by atoms with E-state index in [4.69, 9.17) is 4.74 Å². The summed E-state index contributed by atoms with van der Waals surface area (Å²) in [6, 6.07) is -6.25. The molecule has 0 aromatic carbocycles. The number of carboxylic acid groups (broad SMARTS) is 1. The van der Waals surface area contributed by atoms with E-state index in [1.165, 1.54) is 13.1 Å². The van der Waals surface area contributed by atoms with E-state index >= 15 is 0 Å². The number of β-amino-alcohol motifs (C(OH)–C–C–N with tert-alkyl or cyclic N) is 1. The highest BCUT2D eigenvalue weighted by atomic mass is 16.5. The molecule has 3 rings (SSSR count). The molecule has 3 aliphatic heterocycles. The van der Waals surface area contributed by atoms with Gasteiger partial charge in [-0.2, -0.15) is 5.10 Å². The summed E-state index contributed by atoms with van der Waals surface area (Å²) in [5.41, 5.74) is 2.69. The third-order valence-corrected chi connectivity index (χ3v) is 8.46. The SMILES string of the molecule is CCCCC[C@H](CC(=O)N1N=CCC[C@H]1C(=O)N[C@H]1COC(=O)[C@H]2C[C@@H](O)CNN2C(=O)[C@H](C)NC(=O)[C@@H](CC(C)C)NC1=O)C(=O)O. The zero-order valence-electron chi connectivity index (χ0n) is 28.0. The van der Waals surface area contributed by atoms with Gasteiger partial charge in [0.1, 0.15) is 36.8 Å². The van der Waals surface area contributed by atoms with E-state index < -0.39 is 90.3 Å². The Bertz CT molecular complexity index is 1240. The number of hydrazine groups is 1. The Kier molecular flexibility index (Phi) is 14.3. The molecule has 0 bridgehead atoms. The summed E-state index contributed by atoms with van der Waals surface area (Å²) >= 11 is 0. The van der Waals surface area contributed by atoms with Gasteiger partial charge in [-0.05, 0) is 38.5 Å². The van der Waals surface area contributed by atoms with Gasteiger partial charge in [0.25, 0.3) is 5.91 Å². The normalized spacial score (nSPS) is 27.8. The van der Waals surface area contributed by atoms with Crippen molar-refractivity contribution in [2.45, 2.75) is 122 Å². The minimum absolute atomic E-state index is 0.0318. The second-order valence-corrected chi connectivity index (χ2v) is 13.0. The molecule has 0 saturated carbocycles. The van der Waals surface area contributed by atoms with Crippen LogP contribution in [0.5, 0.6) is 0 Å². The van der Waals surface area contributed by atoms with Crippen LogP contribution in [0.4, 0.5) is 0 Å². The summed E-state index contributed by atoms with van der Waals surface area (Å²) in [6.45, 7) is 6.34. The molecular weight excluding hydrogens is 630 g/mol. The number of amides is 5. The third kappa shape index (κ3) is 10.4. The number of ether oxygens (including phenoxy) is 1. The molecule has 0 aromatic rings. The minimum Gasteiger partial charge on any atom is -0.481 e. The molecule has 0 unspecified atom stereocenters. The average molecular weight is 680 g/mol. The van der Waals surface area contributed by atoms with E-state index in [0.717, 1.165) is 22.9 Å². The van der Waals surface area contributed by atoms with Crippen LogP contribution in [0.15, 0.2) is 5.10 Å². The monoisotopic (exact) mass is 679 g/mol. The van der Waals surface area contributed by atoms with Gasteiger partial charge >= 0.3 is 11.9 Å². The molecule has 0 aliphatic carbocycles. The van der Waals surface area contributed by atoms with Crippen molar-refractivity contribution in [3.05, 3.63) is 0 Å². The number of cyclic esters (lactones) is 1. The molecular formula is C31H49N7O10. The standard InChI is InChI=1S/C31H49N7O10/c1-5-6-7-9-19(30(45)46)13-25(40)37-23(10-8-11-32-37)28(43)36-22-16-48-31(47)24-14-20(39)15-33-38(24)29(44)18(4)34-26(41)21(12-17(2)3)35-27(22)42/h11,17-24,33,39H,5-10,12-16H2,1-4H3,(H,34,41)(H,35,42)(H,36,43)(H,45,46)/t18-,19+,20+,21+,22-,23-,24+/m0/s1. The van der Waals surface area contributed by atoms with E-state index in [1.807, 2.05) is 20.8 Å². The maximum Gasteiger partial charge on any atom is 0.330 e. The fraction of sp³-hybridized carbons (Fsp3) is 0.742. The average Bonchev–Trinajstić information content (AvgIpc) is 3.04. The molecule has 0 aromatic heterocycles. The molecule has 6 N–H and O–H groups in total. The van der Waals surface area contributed by atoms with Gasteiger partial charge in [-0.15, -0.1) is 0 Å². The van der Waals surface area contributed by atoms with Crippen LogP contribution in [0.25, 0.3) is 0 Å². The van der Waals surface area contributed by atoms with Crippen molar-refractivity contribution in [3.8, 4) is 0 Å². The lowest BCUT2D eigenvalue weighted by Crippen LogP contribution is -2.64. The van der Waals surface area contributed by atoms with Crippen molar-refractivity contribution < 1.29 is 48.5 Å². The zero-order valence-corrected chi connectivity index (χ0v) is 28.0. The summed E-state index contributed by atoms with van der Waals surface area (Å²) in [7, 11) is 0. The molecule has 7 atom stereocenters. The van der Waals surface area contributed by atoms with Gasteiger partial charge in [0.2, 0.25) is 23.6 Å². The number of carbonyl (C=O) groups is 7. The van der Waals surface area contributed by atoms with Gasteiger partial charge in [-0.25, -0.2) is 15.2 Å². The molecule has 0 spiro atoms. The lowest BCUT2D eigenvalue weighted by atomic mass is 9.97. The van der Waals surface area contributed by atoms with E-state index in [0.29, 0.717) is 12.8 Å². The highest BCUT2D eigenvalue weighted by Gasteiger charge is 2.42. The lowest BCUT2D eigenvalue weighted by Gasteiger charge is -2.38. The number of aliphatic carboxylic acids is 1. The van der Waals surface area contributed by atoms with Gasteiger partial charge in [-0.1, -0.05) is 40.0 Å². The summed E-state index contributed by atoms with van der Waals surface area (Å²) < 4.78 is 5.43. The Balaban J connectivity index is 1.86. The molecule has 5 amide bonds. The summed E-state index contributed by atoms with van der Waals surface area (Å²) in [6.07, 6.45) is 3.12. The van der Waals surface area contributed by atoms with Crippen molar-refractivity contribution >= 4 is 47.7 Å². The van der Waals surface area contributed by atoms with Crippen molar-refractivity contribution in [2.24, 2.45) is 16.9 Å². The van der Waals surface area contributed by atoms with Gasteiger partial charge in [0, 0.05) is 25.6 Å². The molecule has 48 heavy (non-hydrogen) atoms. The second-order valence-electron chi connectivity index (χ2n) is 13.0. The van der Waals surface area contributed by atoms with Gasteiger partial charge in [-0.3, -0.25) is 33.8 Å². The minimum atomic E-state index is -1.53. The molecule has 268 valence electrons. The van der Waals surface area contributed by atoms with Crippen LogP contribution in [0.2, 0.25) is 0 Å². The lowest BCUT2D eigenvalue weighted by molar-refractivity contribution is -0.165. The Morgan fingerprint density at radius 2 is 1.85 bits per heavy atom. The number of carbonyl (C=O) groups excluding carboxylic acids is 6. The fourth-order valence-electron chi connectivity index (χ4n) is 5.78. The maximum absolute atomic E-state index is 13.7. The first-order chi connectivity index (χ1) is 22.7. The first-order valence-corrected chi connectivity index (χ1v) is 16.6. The number of hydrazone groups is 1. The number of nitrogens with one attached hydrogen (secondary N) is 4. The Hall–Kier alpha value is -4.12. The number of carboxylic acids is 1. The number of hydrogen-bond donors (Lipinski definition) is 6. The Morgan fingerprint density at radius 1 is 1.12 bits per heavy atom. The van der Waals surface area contributed by atoms with Crippen LogP contribution >= 0.6 is 0 Å². The molecule has 0 radical (unpaired) electrons. The van der Waals surface area contributed by atoms with Crippen LogP contribution in [0.3, 0.4) is 0 Å². The van der Waals surface area contributed by atoms with Crippen molar-refractivity contribution in [1.82, 2.24) is 31.4 Å². The van der Waals surface area contributed by atoms with Crippen LogP contribution in [-0.4, -0.2) is 117 Å². The topological polar surface area (TPSA) is 236 Å². The molecule has 17 heteroatoms. The van der Waals surface area contributed by atoms with E-state index in [-0.39, 0.29) is 44.6 Å². The van der Waals surface area contributed by atoms with E-state index in [9.17, 15) is 43.8 Å². The van der Waals surface area contributed by atoms with Crippen molar-refractivity contribution in [1.29, 1.82) is 0 Å². The third-order valence-electron chi connectivity index (χ3n) is 8.46.